The average Bonchev–Trinajstić information content (AvgIpc) is 3.03. The summed E-state index contributed by atoms with van der Waals surface area (Å²) in [6, 6.07) is 11.7. The number of imide groups is 1. The molecule has 3 rings (SSSR count). The van der Waals surface area contributed by atoms with Crippen molar-refractivity contribution in [2.45, 2.75) is 25.5 Å². The number of nitrogens with one attached hydrogen (secondary N) is 1. The maximum atomic E-state index is 13.0. The Hall–Kier alpha value is -2.84. The highest BCUT2D eigenvalue weighted by Crippen LogP contribution is 2.31. The highest BCUT2D eigenvalue weighted by Gasteiger charge is 2.40. The number of carbonyl (C=O) groups excluding carboxylic acids is 3. The third kappa shape index (κ3) is 5.26. The molecule has 0 bridgehead atoms. The molecule has 1 saturated heterocycles. The lowest BCUT2D eigenvalue weighted by molar-refractivity contribution is -0.121. The minimum absolute atomic E-state index is 0.0569. The Balaban J connectivity index is 1.74. The molecule has 162 valence electrons. The third-order valence-corrected chi connectivity index (χ3v) is 6.14. The first-order valence-corrected chi connectivity index (χ1v) is 10.9. The van der Waals surface area contributed by atoms with E-state index in [1.165, 1.54) is 31.0 Å². The number of amides is 2. The van der Waals surface area contributed by atoms with E-state index in [1.54, 1.807) is 18.2 Å². The second-order valence-electron chi connectivity index (χ2n) is 6.78. The van der Waals surface area contributed by atoms with Crippen molar-refractivity contribution in [1.82, 2.24) is 0 Å². The number of aryl methyl sites for hydroxylation is 1. The van der Waals surface area contributed by atoms with Crippen LogP contribution in [0.4, 0.5) is 11.4 Å². The van der Waals surface area contributed by atoms with Gasteiger partial charge in [-0.1, -0.05) is 29.4 Å². The highest BCUT2D eigenvalue weighted by atomic mass is 35.5. The standard InChI is InChI=1S/C22H22ClN3O4S/c1-4-24-22(25-15-8-5-13(2)17(23)11-15)31-18-12-19(27)26(20(18)28)16-9-6-14(7-10-16)21(29)30-3/h5-11,18H,4,12H2,1-3H3,(H,24,25). The summed E-state index contributed by atoms with van der Waals surface area (Å²) >= 11 is 7.41. The molecule has 31 heavy (non-hydrogen) atoms. The summed E-state index contributed by atoms with van der Waals surface area (Å²) in [5.74, 6) is -1.11. The van der Waals surface area contributed by atoms with Crippen molar-refractivity contribution in [3.05, 3.63) is 58.6 Å². The Kier molecular flexibility index (Phi) is 7.35. The minimum Gasteiger partial charge on any atom is -0.465 e. The number of thioether (sulfide) groups is 1. The van der Waals surface area contributed by atoms with Gasteiger partial charge in [0.1, 0.15) is 5.25 Å². The zero-order valence-electron chi connectivity index (χ0n) is 17.3. The first-order chi connectivity index (χ1) is 14.8. The van der Waals surface area contributed by atoms with Gasteiger partial charge in [-0.3, -0.25) is 14.6 Å². The van der Waals surface area contributed by atoms with E-state index in [1.807, 2.05) is 26.0 Å². The maximum Gasteiger partial charge on any atom is 0.337 e. The predicted molar refractivity (Wildman–Crippen MR) is 124 cm³/mol. The Morgan fingerprint density at radius 1 is 1.26 bits per heavy atom. The number of aliphatic imine (C=N–C) groups is 1. The number of anilines is 2. The van der Waals surface area contributed by atoms with Gasteiger partial charge < -0.3 is 10.1 Å². The lowest BCUT2D eigenvalue weighted by Crippen LogP contribution is -2.31. The monoisotopic (exact) mass is 459 g/mol. The van der Waals surface area contributed by atoms with Crippen LogP contribution in [0.2, 0.25) is 5.02 Å². The number of nitrogens with zero attached hydrogens (tertiary/aromatic N) is 2. The van der Waals surface area contributed by atoms with Crippen LogP contribution in [-0.4, -0.2) is 41.9 Å². The Labute approximate surface area is 189 Å². The van der Waals surface area contributed by atoms with Crippen molar-refractivity contribution < 1.29 is 19.1 Å². The van der Waals surface area contributed by atoms with Crippen molar-refractivity contribution in [2.24, 2.45) is 4.99 Å². The fourth-order valence-electron chi connectivity index (χ4n) is 3.01. The van der Waals surface area contributed by atoms with Gasteiger partial charge in [-0.25, -0.2) is 9.69 Å². The predicted octanol–water partition coefficient (Wildman–Crippen LogP) is 4.29. The molecule has 0 saturated carbocycles. The molecule has 0 spiro atoms. The number of hydrogen-bond acceptors (Lipinski definition) is 6. The SMILES string of the molecule is CCN=C(Nc1ccc(C)c(Cl)c1)SC1CC(=O)N(c2ccc(C(=O)OC)cc2)C1=O. The molecule has 9 heteroatoms. The average molecular weight is 460 g/mol. The van der Waals surface area contributed by atoms with Gasteiger partial charge >= 0.3 is 5.97 Å². The third-order valence-electron chi connectivity index (χ3n) is 4.63. The topological polar surface area (TPSA) is 88.1 Å². The van der Waals surface area contributed by atoms with Gasteiger partial charge in [-0.2, -0.15) is 0 Å². The van der Waals surface area contributed by atoms with Gasteiger partial charge in [0.05, 0.1) is 18.4 Å². The zero-order chi connectivity index (χ0) is 22.5. The number of hydrogen-bond donors (Lipinski definition) is 1. The molecule has 0 aromatic heterocycles. The number of halogens is 1. The van der Waals surface area contributed by atoms with Gasteiger partial charge in [0.2, 0.25) is 11.8 Å². The smallest absolute Gasteiger partial charge is 0.337 e. The van der Waals surface area contributed by atoms with Crippen LogP contribution in [0.3, 0.4) is 0 Å². The molecular formula is C22H22ClN3O4S. The summed E-state index contributed by atoms with van der Waals surface area (Å²) in [6.07, 6.45) is 0.0569. The lowest BCUT2D eigenvalue weighted by atomic mass is 10.2. The van der Waals surface area contributed by atoms with Crippen LogP contribution in [-0.2, 0) is 14.3 Å². The van der Waals surface area contributed by atoms with Crippen LogP contribution < -0.4 is 10.2 Å². The van der Waals surface area contributed by atoms with Crippen molar-refractivity contribution in [3.63, 3.8) is 0 Å². The Morgan fingerprint density at radius 3 is 2.58 bits per heavy atom. The molecule has 1 fully saturated rings. The maximum absolute atomic E-state index is 13.0. The normalized spacial score (nSPS) is 16.6. The van der Waals surface area contributed by atoms with E-state index in [-0.39, 0.29) is 18.2 Å². The molecule has 1 aliphatic rings. The molecule has 1 unspecified atom stereocenters. The van der Waals surface area contributed by atoms with Crippen LogP contribution in [0.1, 0.15) is 29.3 Å². The van der Waals surface area contributed by atoms with Crippen LogP contribution in [0.15, 0.2) is 47.5 Å². The molecule has 1 N–H and O–H groups in total. The van der Waals surface area contributed by atoms with Gasteiger partial charge in [-0.15, -0.1) is 0 Å². The quantitative estimate of drug-likeness (QED) is 0.310. The number of ether oxygens (including phenoxy) is 1. The van der Waals surface area contributed by atoms with E-state index in [4.69, 9.17) is 11.6 Å². The Bertz CT molecular complexity index is 1040. The van der Waals surface area contributed by atoms with E-state index < -0.39 is 11.2 Å². The van der Waals surface area contributed by atoms with Crippen molar-refractivity contribution in [1.29, 1.82) is 0 Å². The number of carbonyl (C=O) groups is 3. The van der Waals surface area contributed by atoms with Gasteiger partial charge in [0, 0.05) is 23.7 Å². The lowest BCUT2D eigenvalue weighted by Gasteiger charge is -2.16. The fraction of sp³-hybridized carbons (Fsp3) is 0.273. The number of benzene rings is 2. The largest absolute Gasteiger partial charge is 0.465 e. The summed E-state index contributed by atoms with van der Waals surface area (Å²) in [4.78, 5) is 42.7. The second kappa shape index (κ2) is 9.98. The van der Waals surface area contributed by atoms with Crippen LogP contribution in [0.25, 0.3) is 0 Å². The van der Waals surface area contributed by atoms with Gasteiger partial charge in [0.25, 0.3) is 0 Å². The molecule has 1 aliphatic heterocycles. The molecule has 2 aromatic carbocycles. The van der Waals surface area contributed by atoms with E-state index in [2.05, 4.69) is 15.0 Å². The molecule has 0 aliphatic carbocycles. The number of methoxy groups -OCH3 is 1. The second-order valence-corrected chi connectivity index (χ2v) is 8.38. The Morgan fingerprint density at radius 2 is 1.97 bits per heavy atom. The molecule has 1 heterocycles. The first-order valence-electron chi connectivity index (χ1n) is 9.63. The van der Waals surface area contributed by atoms with Gasteiger partial charge in [0.15, 0.2) is 5.17 Å². The van der Waals surface area contributed by atoms with Crippen LogP contribution in [0, 0.1) is 6.92 Å². The zero-order valence-corrected chi connectivity index (χ0v) is 18.9. The first kappa shape index (κ1) is 22.8. The van der Waals surface area contributed by atoms with Crippen LogP contribution >= 0.6 is 23.4 Å². The summed E-state index contributed by atoms with van der Waals surface area (Å²) in [7, 11) is 1.29. The van der Waals surface area contributed by atoms with E-state index in [0.29, 0.717) is 28.0 Å². The molecular weight excluding hydrogens is 438 g/mol. The molecule has 1 atom stereocenters. The minimum atomic E-state index is -0.605. The molecule has 2 amide bonds. The van der Waals surface area contributed by atoms with E-state index in [0.717, 1.165) is 16.2 Å². The fourth-order valence-corrected chi connectivity index (χ4v) is 4.27. The molecule has 7 nitrogen and oxygen atoms in total. The van der Waals surface area contributed by atoms with Crippen molar-refractivity contribution in [2.75, 3.05) is 23.9 Å². The number of esters is 1. The van der Waals surface area contributed by atoms with Crippen molar-refractivity contribution >= 4 is 57.7 Å². The van der Waals surface area contributed by atoms with Crippen LogP contribution in [0.5, 0.6) is 0 Å². The molecule has 2 aromatic rings. The number of amidine groups is 1. The van der Waals surface area contributed by atoms with E-state index >= 15 is 0 Å². The van der Waals surface area contributed by atoms with Gasteiger partial charge in [-0.05, 0) is 55.8 Å². The summed E-state index contributed by atoms with van der Waals surface area (Å²) < 4.78 is 4.67. The summed E-state index contributed by atoms with van der Waals surface area (Å²) in [5.41, 5.74) is 2.47. The highest BCUT2D eigenvalue weighted by molar-refractivity contribution is 8.15. The summed E-state index contributed by atoms with van der Waals surface area (Å²) in [5, 5.41) is 3.74. The van der Waals surface area contributed by atoms with Crippen molar-refractivity contribution in [3.8, 4) is 0 Å². The van der Waals surface area contributed by atoms with E-state index in [9.17, 15) is 14.4 Å². The summed E-state index contributed by atoms with van der Waals surface area (Å²) in [6.45, 7) is 4.32. The molecule has 0 radical (unpaired) electrons. The number of rotatable bonds is 5.